The van der Waals surface area contributed by atoms with Crippen molar-refractivity contribution in [3.05, 3.63) is 35.4 Å². The Morgan fingerprint density at radius 2 is 1.80 bits per heavy atom. The highest BCUT2D eigenvalue weighted by Gasteiger charge is 2.46. The van der Waals surface area contributed by atoms with Crippen LogP contribution in [0.5, 0.6) is 0 Å². The molecule has 1 heterocycles. The second kappa shape index (κ2) is 4.76. The highest BCUT2D eigenvalue weighted by atomic mass is 19.4. The number of nitrogens with zero attached hydrogens (tertiary/aromatic N) is 1. The molecule has 3 rings (SSSR count). The van der Waals surface area contributed by atoms with Gasteiger partial charge in [0.1, 0.15) is 0 Å². The summed E-state index contributed by atoms with van der Waals surface area (Å²) in [7, 11) is 0. The summed E-state index contributed by atoms with van der Waals surface area (Å²) >= 11 is 0. The Balaban J connectivity index is 1.63. The van der Waals surface area contributed by atoms with Crippen molar-refractivity contribution in [2.24, 2.45) is 5.41 Å². The molecular weight excluding hydrogens is 263 g/mol. The van der Waals surface area contributed by atoms with Gasteiger partial charge in [0.25, 0.3) is 0 Å². The number of alkyl halides is 3. The van der Waals surface area contributed by atoms with Crippen molar-refractivity contribution in [2.45, 2.75) is 51.4 Å². The van der Waals surface area contributed by atoms with Crippen LogP contribution in [0.25, 0.3) is 0 Å². The van der Waals surface area contributed by atoms with Crippen molar-refractivity contribution >= 4 is 0 Å². The Labute approximate surface area is 117 Å². The van der Waals surface area contributed by atoms with Crippen LogP contribution in [0.2, 0.25) is 0 Å². The monoisotopic (exact) mass is 283 g/mol. The summed E-state index contributed by atoms with van der Waals surface area (Å²) < 4.78 is 37.6. The number of halogens is 3. The second-order valence-electron chi connectivity index (χ2n) is 6.47. The molecule has 0 bridgehead atoms. The Morgan fingerprint density at radius 1 is 1.15 bits per heavy atom. The third-order valence-corrected chi connectivity index (χ3v) is 4.91. The van der Waals surface area contributed by atoms with Crippen LogP contribution in [0.1, 0.15) is 43.7 Å². The van der Waals surface area contributed by atoms with Crippen molar-refractivity contribution in [2.75, 3.05) is 6.54 Å². The molecule has 1 atom stereocenters. The molecule has 0 amide bonds. The van der Waals surface area contributed by atoms with Crippen LogP contribution in [-0.4, -0.2) is 17.5 Å². The van der Waals surface area contributed by atoms with Gasteiger partial charge in [-0.15, -0.1) is 0 Å². The molecule has 1 aliphatic heterocycles. The van der Waals surface area contributed by atoms with Crippen LogP contribution in [-0.2, 0) is 12.7 Å². The summed E-state index contributed by atoms with van der Waals surface area (Å²) in [5, 5.41) is 0. The molecule has 0 unspecified atom stereocenters. The van der Waals surface area contributed by atoms with E-state index in [1.807, 2.05) is 0 Å². The van der Waals surface area contributed by atoms with Crippen LogP contribution >= 0.6 is 0 Å². The lowest BCUT2D eigenvalue weighted by Gasteiger charge is -2.38. The normalized spacial score (nSPS) is 25.9. The van der Waals surface area contributed by atoms with Crippen molar-refractivity contribution in [1.29, 1.82) is 0 Å². The molecule has 1 aliphatic carbocycles. The first-order valence-corrected chi connectivity index (χ1v) is 7.28. The van der Waals surface area contributed by atoms with E-state index < -0.39 is 11.7 Å². The molecule has 1 saturated carbocycles. The molecule has 110 valence electrons. The molecule has 4 heteroatoms. The fraction of sp³-hybridized carbons (Fsp3) is 0.625. The largest absolute Gasteiger partial charge is 0.416 e. The first kappa shape index (κ1) is 13.9. The van der Waals surface area contributed by atoms with Crippen LogP contribution < -0.4 is 0 Å². The third kappa shape index (κ3) is 2.85. The molecule has 0 radical (unpaired) electrons. The predicted octanol–water partition coefficient (Wildman–Crippen LogP) is 4.47. The zero-order valence-corrected chi connectivity index (χ0v) is 11.7. The SMILES string of the molecule is C[C@H]1CC2(CCN1Cc1ccc(C(F)(F)F)cc1)CC2. The Kier molecular flexibility index (Phi) is 3.32. The van der Waals surface area contributed by atoms with Gasteiger partial charge in [-0.25, -0.2) is 0 Å². The van der Waals surface area contributed by atoms with Crippen LogP contribution in [0.4, 0.5) is 13.2 Å². The molecule has 1 spiro atoms. The summed E-state index contributed by atoms with van der Waals surface area (Å²) in [5.41, 5.74) is 1.03. The quantitative estimate of drug-likeness (QED) is 0.774. The molecule has 1 aromatic rings. The first-order chi connectivity index (χ1) is 9.38. The lowest BCUT2D eigenvalue weighted by molar-refractivity contribution is -0.137. The minimum atomic E-state index is -4.24. The van der Waals surface area contributed by atoms with Gasteiger partial charge in [-0.2, -0.15) is 13.2 Å². The zero-order valence-electron chi connectivity index (χ0n) is 11.7. The van der Waals surface area contributed by atoms with Gasteiger partial charge in [-0.05, 0) is 62.3 Å². The van der Waals surface area contributed by atoms with Crippen LogP contribution in [0.3, 0.4) is 0 Å². The zero-order chi connectivity index (χ0) is 14.4. The number of rotatable bonds is 2. The van der Waals surface area contributed by atoms with Gasteiger partial charge in [0.15, 0.2) is 0 Å². The average molecular weight is 283 g/mol. The lowest BCUT2D eigenvalue weighted by atomic mass is 9.88. The summed E-state index contributed by atoms with van der Waals surface area (Å²) in [6, 6.07) is 6.13. The van der Waals surface area contributed by atoms with Gasteiger partial charge < -0.3 is 0 Å². The van der Waals surface area contributed by atoms with Crippen molar-refractivity contribution in [3.8, 4) is 0 Å². The molecule has 1 aromatic carbocycles. The number of hydrogen-bond donors (Lipinski definition) is 0. The molecule has 2 fully saturated rings. The lowest BCUT2D eigenvalue weighted by Crippen LogP contribution is -2.40. The predicted molar refractivity (Wildman–Crippen MR) is 72.2 cm³/mol. The molecular formula is C16H20F3N. The highest BCUT2D eigenvalue weighted by molar-refractivity contribution is 5.24. The number of benzene rings is 1. The minimum Gasteiger partial charge on any atom is -0.296 e. The maximum Gasteiger partial charge on any atom is 0.416 e. The number of likely N-dealkylation sites (tertiary alicyclic amines) is 1. The summed E-state index contributed by atoms with van der Waals surface area (Å²) in [4.78, 5) is 2.40. The van der Waals surface area contributed by atoms with E-state index in [1.54, 1.807) is 12.1 Å². The number of hydrogen-bond acceptors (Lipinski definition) is 1. The van der Waals surface area contributed by atoms with E-state index in [2.05, 4.69) is 11.8 Å². The van der Waals surface area contributed by atoms with E-state index in [0.29, 0.717) is 11.5 Å². The topological polar surface area (TPSA) is 3.24 Å². The molecule has 0 N–H and O–H groups in total. The van der Waals surface area contributed by atoms with E-state index >= 15 is 0 Å². The van der Waals surface area contributed by atoms with Gasteiger partial charge in [-0.3, -0.25) is 4.90 Å². The molecule has 20 heavy (non-hydrogen) atoms. The first-order valence-electron chi connectivity index (χ1n) is 7.28. The Hall–Kier alpha value is -1.03. The van der Waals surface area contributed by atoms with E-state index in [0.717, 1.165) is 18.7 Å². The fourth-order valence-corrected chi connectivity index (χ4v) is 3.36. The van der Waals surface area contributed by atoms with Gasteiger partial charge in [0, 0.05) is 12.6 Å². The van der Waals surface area contributed by atoms with Gasteiger partial charge in [-0.1, -0.05) is 12.1 Å². The maximum absolute atomic E-state index is 12.5. The Bertz CT molecular complexity index is 473. The minimum absolute atomic E-state index is 0.536. The van der Waals surface area contributed by atoms with Gasteiger partial charge in [0.05, 0.1) is 5.56 Å². The van der Waals surface area contributed by atoms with Crippen molar-refractivity contribution < 1.29 is 13.2 Å². The average Bonchev–Trinajstić information content (AvgIpc) is 3.12. The molecule has 1 nitrogen and oxygen atoms in total. The standard InChI is InChI=1S/C16H20F3N/c1-12-10-15(6-7-15)8-9-20(12)11-13-2-4-14(5-3-13)16(17,18)19/h2-5,12H,6-11H2,1H3/t12-/m0/s1. The van der Waals surface area contributed by atoms with Crippen LogP contribution in [0, 0.1) is 5.41 Å². The van der Waals surface area contributed by atoms with Crippen molar-refractivity contribution in [1.82, 2.24) is 4.90 Å². The molecule has 1 saturated heterocycles. The summed E-state index contributed by atoms with van der Waals surface area (Å²) in [5.74, 6) is 0. The number of piperidine rings is 1. The summed E-state index contributed by atoms with van der Waals surface area (Å²) in [6.45, 7) is 4.07. The Morgan fingerprint density at radius 3 is 2.30 bits per heavy atom. The summed E-state index contributed by atoms with van der Waals surface area (Å²) in [6.07, 6.45) is 0.984. The maximum atomic E-state index is 12.5. The highest BCUT2D eigenvalue weighted by Crippen LogP contribution is 2.55. The fourth-order valence-electron chi connectivity index (χ4n) is 3.36. The van der Waals surface area contributed by atoms with Crippen molar-refractivity contribution in [3.63, 3.8) is 0 Å². The van der Waals surface area contributed by atoms with Gasteiger partial charge in [0.2, 0.25) is 0 Å². The smallest absolute Gasteiger partial charge is 0.296 e. The second-order valence-corrected chi connectivity index (χ2v) is 6.47. The third-order valence-electron chi connectivity index (χ3n) is 4.91. The molecule has 2 aliphatic rings. The van der Waals surface area contributed by atoms with E-state index in [9.17, 15) is 13.2 Å². The molecule has 0 aromatic heterocycles. The van der Waals surface area contributed by atoms with E-state index in [1.165, 1.54) is 37.8 Å². The van der Waals surface area contributed by atoms with Gasteiger partial charge >= 0.3 is 6.18 Å². The van der Waals surface area contributed by atoms with Crippen LogP contribution in [0.15, 0.2) is 24.3 Å². The van der Waals surface area contributed by atoms with E-state index in [-0.39, 0.29) is 0 Å². The van der Waals surface area contributed by atoms with E-state index in [4.69, 9.17) is 0 Å².